The Hall–Kier alpha value is -1.47. The molecule has 0 saturated heterocycles. The fourth-order valence-electron chi connectivity index (χ4n) is 3.80. The van der Waals surface area contributed by atoms with Gasteiger partial charge in [0.05, 0.1) is 6.04 Å². The number of nitrogens with one attached hydrogen (secondary N) is 2. The monoisotopic (exact) mass is 368 g/mol. The van der Waals surface area contributed by atoms with E-state index < -0.39 is 26.8 Å². The molecule has 2 aliphatic rings. The molecule has 138 valence electrons. The van der Waals surface area contributed by atoms with Crippen LogP contribution >= 0.6 is 0 Å². The summed E-state index contributed by atoms with van der Waals surface area (Å²) < 4.78 is 40.4. The molecule has 0 radical (unpaired) electrons. The van der Waals surface area contributed by atoms with Crippen molar-refractivity contribution in [3.63, 3.8) is 0 Å². The number of halogens is 1. The predicted octanol–water partition coefficient (Wildman–Crippen LogP) is 2.58. The summed E-state index contributed by atoms with van der Waals surface area (Å²) in [5.74, 6) is -0.745. The quantitative estimate of drug-likeness (QED) is 0.810. The Kier molecular flexibility index (Phi) is 5.16. The minimum atomic E-state index is -4.07. The van der Waals surface area contributed by atoms with Crippen LogP contribution in [-0.4, -0.2) is 26.9 Å². The summed E-state index contributed by atoms with van der Waals surface area (Å²) in [6, 6.07) is 4.17. The number of rotatable bonds is 6. The summed E-state index contributed by atoms with van der Waals surface area (Å²) in [6.45, 7) is 2.04. The Morgan fingerprint density at radius 3 is 2.72 bits per heavy atom. The Labute approximate surface area is 148 Å². The van der Waals surface area contributed by atoms with E-state index in [9.17, 15) is 17.6 Å². The average Bonchev–Trinajstić information content (AvgIpc) is 3.31. The van der Waals surface area contributed by atoms with Gasteiger partial charge in [-0.3, -0.25) is 4.79 Å². The van der Waals surface area contributed by atoms with Gasteiger partial charge >= 0.3 is 0 Å². The standard InChI is InChI=1S/C18H25FN2O3S/c1-13(21-25(23,24)16-7-3-2-6-15(16)19)17(22)20-12-14-5-4-8-18(11-14)9-10-18/h2-3,6-7,13-14,21H,4-5,8-12H2,1H3,(H,20,22)/t13-,14?/m0/s1. The molecule has 2 fully saturated rings. The second kappa shape index (κ2) is 7.03. The van der Waals surface area contributed by atoms with Crippen LogP contribution in [-0.2, 0) is 14.8 Å². The number of hydrogen-bond donors (Lipinski definition) is 2. The van der Waals surface area contributed by atoms with Crippen molar-refractivity contribution in [3.05, 3.63) is 30.1 Å². The number of amides is 1. The number of carbonyl (C=O) groups excluding carboxylic acids is 1. The van der Waals surface area contributed by atoms with Crippen LogP contribution < -0.4 is 10.0 Å². The van der Waals surface area contributed by atoms with Crippen LogP contribution in [0.1, 0.15) is 45.4 Å². The first-order valence-electron chi connectivity index (χ1n) is 8.86. The molecule has 3 rings (SSSR count). The summed E-state index contributed by atoms with van der Waals surface area (Å²) in [5, 5.41) is 2.85. The summed E-state index contributed by atoms with van der Waals surface area (Å²) in [7, 11) is -4.07. The summed E-state index contributed by atoms with van der Waals surface area (Å²) >= 11 is 0. The molecule has 7 heteroatoms. The highest BCUT2D eigenvalue weighted by molar-refractivity contribution is 7.89. The van der Waals surface area contributed by atoms with E-state index in [1.807, 2.05) is 0 Å². The van der Waals surface area contributed by atoms with Crippen LogP contribution in [0.2, 0.25) is 0 Å². The van der Waals surface area contributed by atoms with E-state index in [0.29, 0.717) is 17.9 Å². The first-order valence-corrected chi connectivity index (χ1v) is 10.3. The average molecular weight is 368 g/mol. The molecule has 0 heterocycles. The molecule has 0 bridgehead atoms. The van der Waals surface area contributed by atoms with Gasteiger partial charge in [-0.25, -0.2) is 12.8 Å². The molecule has 2 aliphatic carbocycles. The third-order valence-corrected chi connectivity index (χ3v) is 6.99. The Balaban J connectivity index is 1.53. The van der Waals surface area contributed by atoms with E-state index in [1.165, 1.54) is 50.8 Å². The lowest BCUT2D eigenvalue weighted by Gasteiger charge is -2.29. The molecule has 25 heavy (non-hydrogen) atoms. The molecule has 1 unspecified atom stereocenters. The maximum absolute atomic E-state index is 13.7. The second-order valence-corrected chi connectivity index (χ2v) is 9.16. The first-order chi connectivity index (χ1) is 11.8. The third kappa shape index (κ3) is 4.39. The van der Waals surface area contributed by atoms with E-state index in [1.54, 1.807) is 0 Å². The SMILES string of the molecule is C[C@H](NS(=O)(=O)c1ccccc1F)C(=O)NCC1CCCC2(CC2)C1. The van der Waals surface area contributed by atoms with Crippen LogP contribution in [0.5, 0.6) is 0 Å². The smallest absolute Gasteiger partial charge is 0.244 e. The van der Waals surface area contributed by atoms with Crippen LogP contribution in [0.3, 0.4) is 0 Å². The van der Waals surface area contributed by atoms with Gasteiger partial charge in [0, 0.05) is 6.54 Å². The normalized spacial score (nSPS) is 23.2. The molecule has 1 amide bonds. The van der Waals surface area contributed by atoms with E-state index in [-0.39, 0.29) is 5.91 Å². The van der Waals surface area contributed by atoms with E-state index in [2.05, 4.69) is 10.0 Å². The lowest BCUT2D eigenvalue weighted by Crippen LogP contribution is -2.46. The maximum atomic E-state index is 13.7. The van der Waals surface area contributed by atoms with E-state index in [0.717, 1.165) is 18.9 Å². The molecule has 1 aromatic rings. The Bertz CT molecular complexity index is 746. The lowest BCUT2D eigenvalue weighted by molar-refractivity contribution is -0.122. The van der Waals surface area contributed by atoms with Gasteiger partial charge in [-0.1, -0.05) is 18.6 Å². The van der Waals surface area contributed by atoms with Crippen LogP contribution in [0.4, 0.5) is 4.39 Å². The Morgan fingerprint density at radius 2 is 2.04 bits per heavy atom. The minimum Gasteiger partial charge on any atom is -0.354 e. The molecule has 2 atom stereocenters. The maximum Gasteiger partial charge on any atom is 0.244 e. The van der Waals surface area contributed by atoms with Gasteiger partial charge in [0.1, 0.15) is 10.7 Å². The molecular weight excluding hydrogens is 343 g/mol. The topological polar surface area (TPSA) is 75.3 Å². The second-order valence-electron chi connectivity index (χ2n) is 7.48. The molecular formula is C18H25FN2O3S. The fourth-order valence-corrected chi connectivity index (χ4v) is 5.08. The molecule has 0 aromatic heterocycles. The van der Waals surface area contributed by atoms with Crippen LogP contribution in [0.15, 0.2) is 29.2 Å². The van der Waals surface area contributed by atoms with E-state index >= 15 is 0 Å². The molecule has 1 aromatic carbocycles. The van der Waals surface area contributed by atoms with Gasteiger partial charge in [0.2, 0.25) is 15.9 Å². The van der Waals surface area contributed by atoms with Crippen molar-refractivity contribution in [1.29, 1.82) is 0 Å². The molecule has 2 N–H and O–H groups in total. The van der Waals surface area contributed by atoms with Crippen molar-refractivity contribution < 1.29 is 17.6 Å². The van der Waals surface area contributed by atoms with Crippen molar-refractivity contribution in [2.75, 3.05) is 6.54 Å². The molecule has 2 saturated carbocycles. The zero-order valence-corrected chi connectivity index (χ0v) is 15.2. The Morgan fingerprint density at radius 1 is 1.32 bits per heavy atom. The summed E-state index contributed by atoms with van der Waals surface area (Å²) in [6.07, 6.45) is 7.37. The zero-order valence-electron chi connectivity index (χ0n) is 14.4. The summed E-state index contributed by atoms with van der Waals surface area (Å²) in [4.78, 5) is 11.8. The van der Waals surface area contributed by atoms with Crippen molar-refractivity contribution in [3.8, 4) is 0 Å². The van der Waals surface area contributed by atoms with Gasteiger partial charge in [-0.2, -0.15) is 4.72 Å². The number of sulfonamides is 1. The van der Waals surface area contributed by atoms with Gasteiger partial charge in [0.25, 0.3) is 0 Å². The van der Waals surface area contributed by atoms with Gasteiger partial charge in [0.15, 0.2) is 0 Å². The van der Waals surface area contributed by atoms with Gasteiger partial charge in [-0.05, 0) is 62.5 Å². The highest BCUT2D eigenvalue weighted by Crippen LogP contribution is 2.57. The highest BCUT2D eigenvalue weighted by atomic mass is 32.2. The number of hydrogen-bond acceptors (Lipinski definition) is 3. The van der Waals surface area contributed by atoms with E-state index in [4.69, 9.17) is 0 Å². The lowest BCUT2D eigenvalue weighted by atomic mass is 9.79. The summed E-state index contributed by atoms with van der Waals surface area (Å²) in [5.41, 5.74) is 0.533. The molecule has 5 nitrogen and oxygen atoms in total. The molecule has 0 aliphatic heterocycles. The zero-order chi connectivity index (χ0) is 18.1. The van der Waals surface area contributed by atoms with Crippen LogP contribution in [0.25, 0.3) is 0 Å². The number of benzene rings is 1. The fraction of sp³-hybridized carbons (Fsp3) is 0.611. The van der Waals surface area contributed by atoms with Crippen molar-refractivity contribution in [1.82, 2.24) is 10.0 Å². The molecule has 1 spiro atoms. The predicted molar refractivity (Wildman–Crippen MR) is 92.8 cm³/mol. The number of carbonyl (C=O) groups is 1. The van der Waals surface area contributed by atoms with Crippen LogP contribution in [0, 0.1) is 17.2 Å². The largest absolute Gasteiger partial charge is 0.354 e. The van der Waals surface area contributed by atoms with Gasteiger partial charge < -0.3 is 5.32 Å². The highest BCUT2D eigenvalue weighted by Gasteiger charge is 2.45. The minimum absolute atomic E-state index is 0.379. The first kappa shape index (κ1) is 18.3. The third-order valence-electron chi connectivity index (χ3n) is 5.41. The van der Waals surface area contributed by atoms with Crippen molar-refractivity contribution in [2.24, 2.45) is 11.3 Å². The van der Waals surface area contributed by atoms with Gasteiger partial charge in [-0.15, -0.1) is 0 Å². The van der Waals surface area contributed by atoms with Crippen molar-refractivity contribution in [2.45, 2.75) is 56.4 Å². The van der Waals surface area contributed by atoms with Crippen molar-refractivity contribution >= 4 is 15.9 Å².